The van der Waals surface area contributed by atoms with Crippen LogP contribution in [-0.2, 0) is 34.2 Å². The Morgan fingerprint density at radius 2 is 1.22 bits per heavy atom. The van der Waals surface area contributed by atoms with Crippen LogP contribution in [0.25, 0.3) is 0 Å². The molecule has 184 valence electrons. The van der Waals surface area contributed by atoms with Gasteiger partial charge in [-0.25, -0.2) is 9.36 Å². The molecule has 0 aliphatic carbocycles. The Labute approximate surface area is 223 Å². The maximum Gasteiger partial charge on any atom is 0.245 e. The van der Waals surface area contributed by atoms with Crippen molar-refractivity contribution < 1.29 is 9.59 Å². The van der Waals surface area contributed by atoms with E-state index < -0.39 is 0 Å². The van der Waals surface area contributed by atoms with Crippen molar-refractivity contribution in [3.8, 4) is 0 Å². The molecule has 6 bridgehead atoms. The number of fused-ring (bicyclic) bond motifs is 7. The van der Waals surface area contributed by atoms with Crippen molar-refractivity contribution in [2.75, 3.05) is 0 Å². The summed E-state index contributed by atoms with van der Waals surface area (Å²) in [7, 11) is 0. The largest absolute Gasteiger partial charge is 0.273 e. The van der Waals surface area contributed by atoms with Crippen LogP contribution in [0.5, 0.6) is 0 Å². The zero-order valence-electron chi connectivity index (χ0n) is 19.6. The van der Waals surface area contributed by atoms with E-state index in [4.69, 9.17) is 10.2 Å². The van der Waals surface area contributed by atoms with Gasteiger partial charge in [-0.05, 0) is 22.3 Å². The summed E-state index contributed by atoms with van der Waals surface area (Å²) >= 11 is 6.15. The van der Waals surface area contributed by atoms with E-state index in [9.17, 15) is 9.59 Å². The third-order valence-corrected chi connectivity index (χ3v) is 9.44. The summed E-state index contributed by atoms with van der Waals surface area (Å²) in [6.07, 6.45) is 0. The first kappa shape index (κ1) is 24.9. The summed E-state index contributed by atoms with van der Waals surface area (Å²) in [5, 5.41) is 9.55. The SMILES string of the molecule is CC(=O)N=c1sc2nn1Cc1cccc(c1)Cn1nc(sc1=NC(C)=O)SCc1ccccc1CS2. The smallest absolute Gasteiger partial charge is 0.245 e. The average molecular weight is 555 g/mol. The van der Waals surface area contributed by atoms with Crippen molar-refractivity contribution in [2.24, 2.45) is 9.98 Å². The van der Waals surface area contributed by atoms with Crippen molar-refractivity contribution in [1.82, 2.24) is 19.6 Å². The summed E-state index contributed by atoms with van der Waals surface area (Å²) in [6.45, 7) is 3.88. The first-order valence-electron chi connectivity index (χ1n) is 11.1. The lowest BCUT2D eigenvalue weighted by molar-refractivity contribution is -0.116. The van der Waals surface area contributed by atoms with Crippen LogP contribution < -0.4 is 9.60 Å². The molecule has 0 unspecified atom stereocenters. The summed E-state index contributed by atoms with van der Waals surface area (Å²) in [4.78, 5) is 33.1. The molecule has 2 aromatic carbocycles. The second-order valence-corrected chi connectivity index (χ2v) is 12.4. The molecule has 0 atom stereocenters. The normalized spacial score (nSPS) is 14.8. The Morgan fingerprint density at radius 1 is 0.750 bits per heavy atom. The van der Waals surface area contributed by atoms with Gasteiger partial charge in [-0.3, -0.25) is 9.59 Å². The third kappa shape index (κ3) is 6.12. The number of hydrogen-bond donors (Lipinski definition) is 0. The number of hydrogen-bond acceptors (Lipinski definition) is 8. The van der Waals surface area contributed by atoms with E-state index in [0.717, 1.165) is 31.3 Å². The standard InChI is InChI=1S/C24H22N6O2S4/c1-15(31)25-21-29-11-17-6-5-7-18(10-17)12-30-22(26-16(2)32)36-24(28-30)34-14-20-9-4-3-8-19(20)13-33-23(27-29)35-21/h3-10H,11-14H2,1-2H3. The minimum Gasteiger partial charge on any atom is -0.273 e. The van der Waals surface area contributed by atoms with Crippen LogP contribution in [0.2, 0.25) is 0 Å². The van der Waals surface area contributed by atoms with E-state index in [2.05, 4.69) is 28.2 Å². The lowest BCUT2D eigenvalue weighted by Gasteiger charge is -2.07. The lowest BCUT2D eigenvalue weighted by Crippen LogP contribution is -2.20. The summed E-state index contributed by atoms with van der Waals surface area (Å²) in [5.74, 6) is 1.00. The summed E-state index contributed by atoms with van der Waals surface area (Å²) in [6, 6.07) is 16.5. The van der Waals surface area contributed by atoms with Crippen LogP contribution >= 0.6 is 46.2 Å². The zero-order valence-corrected chi connectivity index (χ0v) is 22.8. The van der Waals surface area contributed by atoms with Gasteiger partial charge in [-0.1, -0.05) is 94.7 Å². The van der Waals surface area contributed by atoms with Gasteiger partial charge in [0.2, 0.25) is 21.4 Å². The molecule has 36 heavy (non-hydrogen) atoms. The molecule has 4 aromatic rings. The Kier molecular flexibility index (Phi) is 7.65. The minimum atomic E-state index is -0.250. The van der Waals surface area contributed by atoms with Gasteiger partial charge in [-0.2, -0.15) is 20.2 Å². The molecule has 12 heteroatoms. The Bertz CT molecular complexity index is 1470. The highest BCUT2D eigenvalue weighted by molar-refractivity contribution is 8.00. The maximum absolute atomic E-state index is 11.8. The van der Waals surface area contributed by atoms with Gasteiger partial charge in [0.1, 0.15) is 0 Å². The van der Waals surface area contributed by atoms with Crippen molar-refractivity contribution in [3.05, 3.63) is 80.4 Å². The number of carbonyl (C=O) groups excluding carboxylic acids is 2. The number of carbonyl (C=O) groups is 2. The van der Waals surface area contributed by atoms with E-state index >= 15 is 0 Å². The van der Waals surface area contributed by atoms with Gasteiger partial charge in [0.15, 0.2) is 8.68 Å². The Balaban J connectivity index is 1.61. The monoisotopic (exact) mass is 554 g/mol. The topological polar surface area (TPSA) is 94.5 Å². The molecule has 1 aliphatic heterocycles. The van der Waals surface area contributed by atoms with Gasteiger partial charge in [0.25, 0.3) is 0 Å². The Morgan fingerprint density at radius 3 is 1.67 bits per heavy atom. The van der Waals surface area contributed by atoms with Gasteiger partial charge < -0.3 is 0 Å². The maximum atomic E-state index is 11.8. The molecule has 0 saturated carbocycles. The van der Waals surface area contributed by atoms with E-state index in [1.807, 2.05) is 30.3 Å². The molecule has 2 aromatic heterocycles. The predicted molar refractivity (Wildman–Crippen MR) is 143 cm³/mol. The summed E-state index contributed by atoms with van der Waals surface area (Å²) < 4.78 is 5.32. The predicted octanol–water partition coefficient (Wildman–Crippen LogP) is 4.09. The van der Waals surface area contributed by atoms with E-state index in [1.54, 1.807) is 32.9 Å². The first-order valence-corrected chi connectivity index (χ1v) is 14.7. The molecule has 5 rings (SSSR count). The molecule has 8 nitrogen and oxygen atoms in total. The number of aromatic nitrogens is 4. The fourth-order valence-electron chi connectivity index (χ4n) is 3.63. The zero-order chi connectivity index (χ0) is 25.1. The molecule has 3 heterocycles. The number of amides is 2. The van der Waals surface area contributed by atoms with Crippen LogP contribution in [0.4, 0.5) is 0 Å². The second-order valence-electron chi connectivity index (χ2n) is 8.04. The van der Waals surface area contributed by atoms with Crippen molar-refractivity contribution in [1.29, 1.82) is 0 Å². The number of nitrogens with zero attached hydrogens (tertiary/aromatic N) is 6. The quantitative estimate of drug-likeness (QED) is 0.325. The molecule has 0 N–H and O–H groups in total. The third-order valence-electron chi connectivity index (χ3n) is 5.19. The summed E-state index contributed by atoms with van der Waals surface area (Å²) in [5.41, 5.74) is 4.50. The lowest BCUT2D eigenvalue weighted by atomic mass is 10.1. The molecular weight excluding hydrogens is 533 g/mol. The molecule has 0 radical (unpaired) electrons. The fraction of sp³-hybridized carbons (Fsp3) is 0.250. The number of rotatable bonds is 0. The van der Waals surface area contributed by atoms with Crippen molar-refractivity contribution in [3.63, 3.8) is 0 Å². The highest BCUT2D eigenvalue weighted by atomic mass is 32.2. The van der Waals surface area contributed by atoms with Gasteiger partial charge in [0.05, 0.1) is 13.1 Å². The molecular formula is C24H22N6O2S4. The molecule has 0 saturated heterocycles. The number of benzene rings is 2. The minimum absolute atomic E-state index is 0.250. The Hall–Kier alpha value is -2.80. The van der Waals surface area contributed by atoms with E-state index in [-0.39, 0.29) is 11.8 Å². The van der Waals surface area contributed by atoms with Crippen LogP contribution in [0.3, 0.4) is 0 Å². The van der Waals surface area contributed by atoms with Crippen LogP contribution in [0, 0.1) is 0 Å². The van der Waals surface area contributed by atoms with Gasteiger partial charge >= 0.3 is 0 Å². The molecule has 2 amide bonds. The highest BCUT2D eigenvalue weighted by Gasteiger charge is 2.13. The first-order chi connectivity index (χ1) is 17.4. The van der Waals surface area contributed by atoms with Gasteiger partial charge in [-0.15, -0.1) is 0 Å². The number of thioether (sulfide) groups is 2. The van der Waals surface area contributed by atoms with Gasteiger partial charge in [0, 0.05) is 25.4 Å². The van der Waals surface area contributed by atoms with Crippen molar-refractivity contribution in [2.45, 2.75) is 47.1 Å². The fourth-order valence-corrected chi connectivity index (χ4v) is 7.70. The van der Waals surface area contributed by atoms with Crippen LogP contribution in [0.1, 0.15) is 36.1 Å². The molecule has 0 spiro atoms. The van der Waals surface area contributed by atoms with E-state index in [1.165, 1.54) is 47.6 Å². The average Bonchev–Trinajstić information content (AvgIpc) is 3.38. The molecule has 0 fully saturated rings. The van der Waals surface area contributed by atoms with E-state index in [0.29, 0.717) is 22.7 Å². The van der Waals surface area contributed by atoms with Crippen molar-refractivity contribution >= 4 is 58.0 Å². The van der Waals surface area contributed by atoms with Crippen LogP contribution in [-0.4, -0.2) is 31.4 Å². The highest BCUT2D eigenvalue weighted by Crippen LogP contribution is 2.29. The van der Waals surface area contributed by atoms with Crippen LogP contribution in [0.15, 0.2) is 67.2 Å². The molecule has 1 aliphatic rings. The second kappa shape index (κ2) is 11.1.